The van der Waals surface area contributed by atoms with Crippen LogP contribution in [0.1, 0.15) is 48.5 Å². The van der Waals surface area contributed by atoms with Crippen LogP contribution in [0.3, 0.4) is 0 Å². The molecule has 2 aromatic rings. The molecule has 4 rings (SSSR count). The zero-order valence-electron chi connectivity index (χ0n) is 12.6. The smallest absolute Gasteiger partial charge is 0.244 e. The lowest BCUT2D eigenvalue weighted by Gasteiger charge is -2.21. The number of rotatable bonds is 4. The number of hydrogen-bond acceptors (Lipinski definition) is 5. The Hall–Kier alpha value is -1.72. The van der Waals surface area contributed by atoms with Crippen LogP contribution in [-0.2, 0) is 11.3 Å². The van der Waals surface area contributed by atoms with Gasteiger partial charge in [0.05, 0.1) is 12.6 Å². The van der Waals surface area contributed by atoms with Gasteiger partial charge in [0.15, 0.2) is 5.82 Å². The monoisotopic (exact) mass is 299 g/mol. The van der Waals surface area contributed by atoms with Gasteiger partial charge in [-0.2, -0.15) is 4.98 Å². The molecule has 0 spiro atoms. The summed E-state index contributed by atoms with van der Waals surface area (Å²) in [6.45, 7) is 3.55. The summed E-state index contributed by atoms with van der Waals surface area (Å²) in [4.78, 5) is 7.11. The molecule has 0 bridgehead atoms. The number of nitrogens with zero attached hydrogens (tertiary/aromatic N) is 3. The Bertz CT molecular complexity index is 607. The Morgan fingerprint density at radius 1 is 1.18 bits per heavy atom. The first kappa shape index (κ1) is 13.9. The van der Waals surface area contributed by atoms with Crippen LogP contribution in [0.4, 0.5) is 0 Å². The number of ether oxygens (including phenoxy) is 1. The molecule has 5 nitrogen and oxygen atoms in total. The number of benzene rings is 1. The summed E-state index contributed by atoms with van der Waals surface area (Å²) in [6, 6.07) is 10.8. The molecule has 0 aliphatic carbocycles. The van der Waals surface area contributed by atoms with Gasteiger partial charge in [-0.25, -0.2) is 0 Å². The van der Waals surface area contributed by atoms with Crippen LogP contribution in [0.2, 0.25) is 0 Å². The van der Waals surface area contributed by atoms with Gasteiger partial charge >= 0.3 is 0 Å². The molecule has 116 valence electrons. The predicted octanol–water partition coefficient (Wildman–Crippen LogP) is 2.91. The van der Waals surface area contributed by atoms with Crippen molar-refractivity contribution >= 4 is 0 Å². The van der Waals surface area contributed by atoms with Crippen molar-refractivity contribution in [3.8, 4) is 0 Å². The van der Waals surface area contributed by atoms with E-state index in [4.69, 9.17) is 9.26 Å². The van der Waals surface area contributed by atoms with E-state index in [1.807, 2.05) is 0 Å². The molecule has 2 fully saturated rings. The van der Waals surface area contributed by atoms with Crippen LogP contribution in [-0.4, -0.2) is 34.8 Å². The zero-order chi connectivity index (χ0) is 14.8. The van der Waals surface area contributed by atoms with Crippen LogP contribution in [0.5, 0.6) is 0 Å². The Morgan fingerprint density at radius 3 is 2.91 bits per heavy atom. The fraction of sp³-hybridized carbons (Fsp3) is 0.529. The van der Waals surface area contributed by atoms with Gasteiger partial charge in [0.2, 0.25) is 5.89 Å². The standard InChI is InChI=1S/C17H21N3O2/c1-2-5-13(6-3-1)11-20-9-4-7-15(20)17-18-16(19-22-17)14-8-10-21-12-14/h1-3,5-6,14-15H,4,7-12H2. The molecule has 1 aromatic carbocycles. The molecule has 22 heavy (non-hydrogen) atoms. The summed E-state index contributed by atoms with van der Waals surface area (Å²) >= 11 is 0. The van der Waals surface area contributed by atoms with Gasteiger partial charge in [-0.3, -0.25) is 4.90 Å². The van der Waals surface area contributed by atoms with Crippen molar-refractivity contribution in [3.63, 3.8) is 0 Å². The van der Waals surface area contributed by atoms with Gasteiger partial charge in [-0.1, -0.05) is 35.5 Å². The highest BCUT2D eigenvalue weighted by molar-refractivity contribution is 5.15. The van der Waals surface area contributed by atoms with Gasteiger partial charge in [-0.05, 0) is 31.4 Å². The fourth-order valence-electron chi connectivity index (χ4n) is 3.40. The average Bonchev–Trinajstić information content (AvgIpc) is 3.29. The molecule has 3 heterocycles. The molecule has 2 atom stereocenters. The second kappa shape index (κ2) is 6.18. The molecule has 0 N–H and O–H groups in total. The summed E-state index contributed by atoms with van der Waals surface area (Å²) in [5, 5.41) is 4.19. The van der Waals surface area contributed by atoms with Crippen LogP contribution in [0.15, 0.2) is 34.9 Å². The zero-order valence-corrected chi connectivity index (χ0v) is 12.6. The summed E-state index contributed by atoms with van der Waals surface area (Å²) in [5.74, 6) is 1.90. The highest BCUT2D eigenvalue weighted by Gasteiger charge is 2.32. The lowest BCUT2D eigenvalue weighted by atomic mass is 10.1. The Balaban J connectivity index is 1.48. The minimum absolute atomic E-state index is 0.253. The molecule has 0 radical (unpaired) electrons. The minimum Gasteiger partial charge on any atom is -0.381 e. The normalized spacial score (nSPS) is 25.8. The molecular weight excluding hydrogens is 278 g/mol. The SMILES string of the molecule is c1ccc(CN2CCCC2c2nc(C3CCOC3)no2)cc1. The molecule has 5 heteroatoms. The lowest BCUT2D eigenvalue weighted by molar-refractivity contribution is 0.192. The lowest BCUT2D eigenvalue weighted by Crippen LogP contribution is -2.23. The third-order valence-electron chi connectivity index (χ3n) is 4.63. The van der Waals surface area contributed by atoms with Gasteiger partial charge in [0.1, 0.15) is 0 Å². The summed E-state index contributed by atoms with van der Waals surface area (Å²) in [6.07, 6.45) is 3.27. The van der Waals surface area contributed by atoms with Crippen molar-refractivity contribution in [3.05, 3.63) is 47.6 Å². The van der Waals surface area contributed by atoms with E-state index in [-0.39, 0.29) is 6.04 Å². The largest absolute Gasteiger partial charge is 0.381 e. The first-order chi connectivity index (χ1) is 10.9. The minimum atomic E-state index is 0.253. The maximum Gasteiger partial charge on any atom is 0.244 e. The molecule has 0 saturated carbocycles. The van der Waals surface area contributed by atoms with E-state index in [0.717, 1.165) is 50.9 Å². The van der Waals surface area contributed by atoms with Crippen molar-refractivity contribution in [2.24, 2.45) is 0 Å². The topological polar surface area (TPSA) is 51.4 Å². The number of aromatic nitrogens is 2. The quantitative estimate of drug-likeness (QED) is 0.869. The molecule has 2 aliphatic rings. The number of hydrogen-bond donors (Lipinski definition) is 0. The summed E-state index contributed by atoms with van der Waals surface area (Å²) < 4.78 is 11.0. The number of likely N-dealkylation sites (tertiary alicyclic amines) is 1. The van der Waals surface area contributed by atoms with Crippen LogP contribution in [0, 0.1) is 0 Å². The van der Waals surface area contributed by atoms with Gasteiger partial charge in [0, 0.05) is 19.1 Å². The van der Waals surface area contributed by atoms with E-state index in [1.54, 1.807) is 0 Å². The molecule has 0 amide bonds. The average molecular weight is 299 g/mol. The van der Waals surface area contributed by atoms with Crippen LogP contribution < -0.4 is 0 Å². The van der Waals surface area contributed by atoms with Crippen molar-refractivity contribution < 1.29 is 9.26 Å². The van der Waals surface area contributed by atoms with Crippen molar-refractivity contribution in [2.45, 2.75) is 37.8 Å². The molecule has 2 aliphatic heterocycles. The fourth-order valence-corrected chi connectivity index (χ4v) is 3.40. The third-order valence-corrected chi connectivity index (χ3v) is 4.63. The van der Waals surface area contributed by atoms with Crippen molar-refractivity contribution in [1.82, 2.24) is 15.0 Å². The van der Waals surface area contributed by atoms with E-state index in [2.05, 4.69) is 45.4 Å². The summed E-state index contributed by atoms with van der Waals surface area (Å²) in [5.41, 5.74) is 1.33. The first-order valence-corrected chi connectivity index (χ1v) is 8.09. The predicted molar refractivity (Wildman–Crippen MR) is 81.3 cm³/mol. The Labute approximate surface area is 130 Å². The van der Waals surface area contributed by atoms with Crippen LogP contribution >= 0.6 is 0 Å². The summed E-state index contributed by atoms with van der Waals surface area (Å²) in [7, 11) is 0. The highest BCUT2D eigenvalue weighted by Crippen LogP contribution is 2.33. The first-order valence-electron chi connectivity index (χ1n) is 8.09. The van der Waals surface area contributed by atoms with Gasteiger partial charge in [-0.15, -0.1) is 0 Å². The van der Waals surface area contributed by atoms with Gasteiger partial charge < -0.3 is 9.26 Å². The third kappa shape index (κ3) is 2.78. The molecule has 1 aromatic heterocycles. The maximum atomic E-state index is 5.57. The maximum absolute atomic E-state index is 5.57. The second-order valence-corrected chi connectivity index (χ2v) is 6.17. The van der Waals surface area contributed by atoms with E-state index in [9.17, 15) is 0 Å². The van der Waals surface area contributed by atoms with Gasteiger partial charge in [0.25, 0.3) is 0 Å². The highest BCUT2D eigenvalue weighted by atomic mass is 16.5. The van der Waals surface area contributed by atoms with Crippen molar-refractivity contribution in [2.75, 3.05) is 19.8 Å². The molecular formula is C17H21N3O2. The Kier molecular flexibility index (Phi) is 3.91. The second-order valence-electron chi connectivity index (χ2n) is 6.17. The van der Waals surface area contributed by atoms with E-state index in [0.29, 0.717) is 5.92 Å². The van der Waals surface area contributed by atoms with E-state index >= 15 is 0 Å². The van der Waals surface area contributed by atoms with E-state index in [1.165, 1.54) is 12.0 Å². The van der Waals surface area contributed by atoms with E-state index < -0.39 is 0 Å². The Morgan fingerprint density at radius 2 is 2.09 bits per heavy atom. The molecule has 2 unspecified atom stereocenters. The molecule has 2 saturated heterocycles. The van der Waals surface area contributed by atoms with Crippen LogP contribution in [0.25, 0.3) is 0 Å². The van der Waals surface area contributed by atoms with Crippen molar-refractivity contribution in [1.29, 1.82) is 0 Å².